The molecule has 1 aromatic rings. The number of hydrogen-bond acceptors (Lipinski definition) is 5. The molecule has 7 heteroatoms. The van der Waals surface area contributed by atoms with Crippen molar-refractivity contribution in [3.63, 3.8) is 0 Å². The van der Waals surface area contributed by atoms with Crippen molar-refractivity contribution in [1.82, 2.24) is 4.72 Å². The third-order valence-corrected chi connectivity index (χ3v) is 5.07. The van der Waals surface area contributed by atoms with Crippen molar-refractivity contribution in [3.8, 4) is 0 Å². The number of hydrogen-bond donors (Lipinski definition) is 4. The van der Waals surface area contributed by atoms with Crippen molar-refractivity contribution < 1.29 is 13.5 Å². The van der Waals surface area contributed by atoms with Crippen molar-refractivity contribution in [2.24, 2.45) is 0 Å². The molecule has 1 saturated carbocycles. The molecule has 0 saturated heterocycles. The molecule has 2 rings (SSSR count). The van der Waals surface area contributed by atoms with E-state index in [-0.39, 0.29) is 17.0 Å². The molecule has 5 N–H and O–H groups in total. The molecule has 0 heterocycles. The van der Waals surface area contributed by atoms with E-state index in [1.54, 1.807) is 12.1 Å². The van der Waals surface area contributed by atoms with Gasteiger partial charge in [0, 0.05) is 6.04 Å². The number of sulfonamides is 1. The second-order valence-electron chi connectivity index (χ2n) is 5.11. The zero-order valence-corrected chi connectivity index (χ0v) is 12.3. The quantitative estimate of drug-likeness (QED) is 0.618. The van der Waals surface area contributed by atoms with Crippen molar-refractivity contribution in [2.75, 3.05) is 18.1 Å². The lowest BCUT2D eigenvalue weighted by molar-refractivity contribution is 0.126. The average Bonchev–Trinajstić information content (AvgIpc) is 2.43. The molecule has 1 aromatic carbocycles. The molecule has 112 valence electrons. The maximum atomic E-state index is 11.8. The maximum absolute atomic E-state index is 11.8. The van der Waals surface area contributed by atoms with Crippen LogP contribution in [0, 0.1) is 0 Å². The molecule has 0 radical (unpaired) electrons. The van der Waals surface area contributed by atoms with Crippen LogP contribution in [0.5, 0.6) is 0 Å². The fourth-order valence-electron chi connectivity index (χ4n) is 2.39. The van der Waals surface area contributed by atoms with E-state index in [9.17, 15) is 13.5 Å². The molecule has 0 spiro atoms. The number of rotatable bonds is 4. The van der Waals surface area contributed by atoms with Crippen molar-refractivity contribution in [1.29, 1.82) is 0 Å². The summed E-state index contributed by atoms with van der Waals surface area (Å²) >= 11 is 0. The molecule has 0 aromatic heterocycles. The predicted molar refractivity (Wildman–Crippen MR) is 79.0 cm³/mol. The largest absolute Gasteiger partial charge is 0.397 e. The summed E-state index contributed by atoms with van der Waals surface area (Å²) in [6.07, 6.45) is 2.99. The first-order chi connectivity index (χ1) is 9.42. The van der Waals surface area contributed by atoms with Crippen molar-refractivity contribution in [2.45, 2.75) is 42.7 Å². The van der Waals surface area contributed by atoms with Crippen LogP contribution < -0.4 is 15.8 Å². The first-order valence-corrected chi connectivity index (χ1v) is 8.18. The van der Waals surface area contributed by atoms with E-state index in [2.05, 4.69) is 10.0 Å². The van der Waals surface area contributed by atoms with E-state index in [1.165, 1.54) is 13.1 Å². The Labute approximate surface area is 119 Å². The number of aliphatic hydroxyl groups excluding tert-OH is 1. The summed E-state index contributed by atoms with van der Waals surface area (Å²) in [7, 11) is -2.10. The highest BCUT2D eigenvalue weighted by atomic mass is 32.2. The van der Waals surface area contributed by atoms with Crippen LogP contribution >= 0.6 is 0 Å². The molecule has 0 atom stereocenters. The van der Waals surface area contributed by atoms with Gasteiger partial charge < -0.3 is 16.2 Å². The van der Waals surface area contributed by atoms with Gasteiger partial charge in [-0.05, 0) is 50.9 Å². The van der Waals surface area contributed by atoms with Gasteiger partial charge in [0.1, 0.15) is 0 Å². The van der Waals surface area contributed by atoms with Gasteiger partial charge >= 0.3 is 0 Å². The van der Waals surface area contributed by atoms with Crippen LogP contribution in [0.3, 0.4) is 0 Å². The summed E-state index contributed by atoms with van der Waals surface area (Å²) in [6, 6.07) is 4.83. The minimum absolute atomic E-state index is 0.188. The number of benzene rings is 1. The van der Waals surface area contributed by atoms with Gasteiger partial charge in [0.05, 0.1) is 22.4 Å². The highest BCUT2D eigenvalue weighted by Gasteiger charge is 2.20. The van der Waals surface area contributed by atoms with E-state index in [0.29, 0.717) is 11.4 Å². The second kappa shape index (κ2) is 5.99. The normalized spacial score (nSPS) is 23.5. The smallest absolute Gasteiger partial charge is 0.240 e. The number of nitrogens with one attached hydrogen (secondary N) is 2. The van der Waals surface area contributed by atoms with Crippen LogP contribution in [-0.2, 0) is 10.0 Å². The SMILES string of the molecule is CNS(=O)(=O)c1ccc(N)c(NC2CCC(O)CC2)c1. The summed E-state index contributed by atoms with van der Waals surface area (Å²) in [6.45, 7) is 0. The third-order valence-electron chi connectivity index (χ3n) is 3.66. The van der Waals surface area contributed by atoms with Crippen LogP contribution in [0.1, 0.15) is 25.7 Å². The van der Waals surface area contributed by atoms with Gasteiger partial charge in [-0.1, -0.05) is 0 Å². The number of aliphatic hydroxyl groups is 1. The minimum Gasteiger partial charge on any atom is -0.397 e. The van der Waals surface area contributed by atoms with E-state index >= 15 is 0 Å². The molecule has 1 fully saturated rings. The molecule has 0 bridgehead atoms. The van der Waals surface area contributed by atoms with E-state index in [0.717, 1.165) is 25.7 Å². The van der Waals surface area contributed by atoms with Crippen LogP contribution in [0.15, 0.2) is 23.1 Å². The Kier molecular flexibility index (Phi) is 4.52. The summed E-state index contributed by atoms with van der Waals surface area (Å²) in [5.74, 6) is 0. The Bertz CT molecular complexity index is 566. The lowest BCUT2D eigenvalue weighted by Crippen LogP contribution is -2.28. The molecular formula is C13H21N3O3S. The molecule has 20 heavy (non-hydrogen) atoms. The Hall–Kier alpha value is -1.31. The minimum atomic E-state index is -3.47. The molecule has 0 unspecified atom stereocenters. The lowest BCUT2D eigenvalue weighted by atomic mass is 9.93. The topological polar surface area (TPSA) is 104 Å². The summed E-state index contributed by atoms with van der Waals surface area (Å²) < 4.78 is 25.9. The Morgan fingerprint density at radius 2 is 1.90 bits per heavy atom. The lowest BCUT2D eigenvalue weighted by Gasteiger charge is -2.27. The second-order valence-corrected chi connectivity index (χ2v) is 6.99. The summed E-state index contributed by atoms with van der Waals surface area (Å²) in [4.78, 5) is 0.188. The van der Waals surface area contributed by atoms with Gasteiger partial charge in [0.15, 0.2) is 0 Å². The third kappa shape index (κ3) is 3.41. The average molecular weight is 299 g/mol. The van der Waals surface area contributed by atoms with Crippen LogP contribution in [-0.4, -0.2) is 32.7 Å². The van der Waals surface area contributed by atoms with Gasteiger partial charge in [-0.2, -0.15) is 0 Å². The van der Waals surface area contributed by atoms with Gasteiger partial charge in [-0.25, -0.2) is 13.1 Å². The number of nitrogen functional groups attached to an aromatic ring is 1. The van der Waals surface area contributed by atoms with E-state index in [1.807, 2.05) is 0 Å². The van der Waals surface area contributed by atoms with E-state index in [4.69, 9.17) is 5.73 Å². The zero-order valence-electron chi connectivity index (χ0n) is 11.5. The van der Waals surface area contributed by atoms with Crippen molar-refractivity contribution >= 4 is 21.4 Å². The standard InChI is InChI=1S/C13H21N3O3S/c1-15-20(18,19)11-6-7-12(14)13(8-11)16-9-2-4-10(17)5-3-9/h6-10,15-17H,2-5,14H2,1H3. The molecule has 6 nitrogen and oxygen atoms in total. The van der Waals surface area contributed by atoms with Gasteiger partial charge in [0.2, 0.25) is 10.0 Å². The highest BCUT2D eigenvalue weighted by molar-refractivity contribution is 7.89. The van der Waals surface area contributed by atoms with Gasteiger partial charge in [-0.15, -0.1) is 0 Å². The molecule has 1 aliphatic carbocycles. The van der Waals surface area contributed by atoms with E-state index < -0.39 is 10.0 Å². The van der Waals surface area contributed by atoms with Crippen LogP contribution in [0.4, 0.5) is 11.4 Å². The monoisotopic (exact) mass is 299 g/mol. The van der Waals surface area contributed by atoms with Gasteiger partial charge in [-0.3, -0.25) is 0 Å². The zero-order chi connectivity index (χ0) is 14.8. The number of anilines is 2. The first-order valence-electron chi connectivity index (χ1n) is 6.70. The molecular weight excluding hydrogens is 278 g/mol. The fraction of sp³-hybridized carbons (Fsp3) is 0.538. The summed E-state index contributed by atoms with van der Waals surface area (Å²) in [5, 5.41) is 12.8. The fourth-order valence-corrected chi connectivity index (χ4v) is 3.14. The predicted octanol–water partition coefficient (Wildman–Crippen LogP) is 0.892. The molecule has 0 aliphatic heterocycles. The maximum Gasteiger partial charge on any atom is 0.240 e. The highest BCUT2D eigenvalue weighted by Crippen LogP contribution is 2.27. The Morgan fingerprint density at radius 3 is 2.50 bits per heavy atom. The molecule has 0 amide bonds. The van der Waals surface area contributed by atoms with Crippen molar-refractivity contribution in [3.05, 3.63) is 18.2 Å². The molecule has 1 aliphatic rings. The number of nitrogens with two attached hydrogens (primary N) is 1. The van der Waals surface area contributed by atoms with Gasteiger partial charge in [0.25, 0.3) is 0 Å². The Balaban J connectivity index is 2.17. The van der Waals surface area contributed by atoms with Crippen LogP contribution in [0.2, 0.25) is 0 Å². The van der Waals surface area contributed by atoms with Crippen LogP contribution in [0.25, 0.3) is 0 Å². The Morgan fingerprint density at radius 1 is 1.25 bits per heavy atom. The first kappa shape index (κ1) is 15.1. The summed E-state index contributed by atoms with van der Waals surface area (Å²) in [5.41, 5.74) is 7.04.